The van der Waals surface area contributed by atoms with Crippen LogP contribution in [0, 0.1) is 5.92 Å². The molecule has 24 heavy (non-hydrogen) atoms. The van der Waals surface area contributed by atoms with E-state index in [0.29, 0.717) is 18.2 Å². The van der Waals surface area contributed by atoms with Gasteiger partial charge in [-0.15, -0.1) is 6.58 Å². The van der Waals surface area contributed by atoms with Crippen LogP contribution in [0.2, 0.25) is 0 Å². The molecule has 0 aliphatic carbocycles. The molecule has 0 saturated carbocycles. The number of benzene rings is 1. The molecule has 1 aromatic carbocycles. The fourth-order valence-corrected chi connectivity index (χ4v) is 4.22. The lowest BCUT2D eigenvalue weighted by molar-refractivity contribution is -0.142. The molecule has 2 aliphatic rings. The molecule has 4 nitrogen and oxygen atoms in total. The van der Waals surface area contributed by atoms with Crippen LogP contribution in [0.15, 0.2) is 36.9 Å². The minimum atomic E-state index is -0.0322. The highest BCUT2D eigenvalue weighted by molar-refractivity contribution is 5.80. The molecule has 0 N–H and O–H groups in total. The van der Waals surface area contributed by atoms with Gasteiger partial charge in [-0.3, -0.25) is 9.69 Å². The normalized spacial score (nSPS) is 26.9. The van der Waals surface area contributed by atoms with Gasteiger partial charge in [0.1, 0.15) is 5.75 Å². The molecule has 2 aliphatic heterocycles. The molecule has 2 unspecified atom stereocenters. The van der Waals surface area contributed by atoms with Crippen molar-refractivity contribution in [3.8, 4) is 5.75 Å². The summed E-state index contributed by atoms with van der Waals surface area (Å²) in [7, 11) is 1.68. The molecular formula is C20H28N2O2. The molecule has 2 heterocycles. The first-order valence-corrected chi connectivity index (χ1v) is 8.80. The van der Waals surface area contributed by atoms with Crippen LogP contribution in [0.25, 0.3) is 0 Å². The van der Waals surface area contributed by atoms with E-state index in [1.165, 1.54) is 5.56 Å². The summed E-state index contributed by atoms with van der Waals surface area (Å²) < 4.78 is 5.22. The number of carbonyl (C=O) groups excluding carboxylic acids is 1. The number of rotatable bonds is 6. The Balaban J connectivity index is 1.72. The van der Waals surface area contributed by atoms with Gasteiger partial charge in [0.05, 0.1) is 18.7 Å². The maximum atomic E-state index is 12.4. The van der Waals surface area contributed by atoms with E-state index >= 15 is 0 Å². The fraction of sp³-hybridized carbons (Fsp3) is 0.550. The molecule has 0 aromatic heterocycles. The molecule has 2 fully saturated rings. The summed E-state index contributed by atoms with van der Waals surface area (Å²) in [6, 6.07) is 8.45. The molecule has 3 rings (SSSR count). The Morgan fingerprint density at radius 1 is 1.38 bits per heavy atom. The van der Waals surface area contributed by atoms with E-state index in [0.717, 1.165) is 31.8 Å². The van der Waals surface area contributed by atoms with Gasteiger partial charge in [0.15, 0.2) is 0 Å². The largest absolute Gasteiger partial charge is 0.497 e. The number of methoxy groups -OCH3 is 1. The molecule has 1 spiro atoms. The van der Waals surface area contributed by atoms with Gasteiger partial charge in [0, 0.05) is 26.1 Å². The lowest BCUT2D eigenvalue weighted by Crippen LogP contribution is -2.74. The third kappa shape index (κ3) is 2.84. The minimum absolute atomic E-state index is 0.0322. The summed E-state index contributed by atoms with van der Waals surface area (Å²) in [5.74, 6) is 1.67. The van der Waals surface area contributed by atoms with Crippen LogP contribution in [0.5, 0.6) is 5.75 Å². The highest BCUT2D eigenvalue weighted by Gasteiger charge is 2.58. The molecule has 130 valence electrons. The molecule has 4 heteroatoms. The van der Waals surface area contributed by atoms with Gasteiger partial charge in [-0.1, -0.05) is 32.1 Å². The van der Waals surface area contributed by atoms with Crippen LogP contribution in [0.3, 0.4) is 0 Å². The summed E-state index contributed by atoms with van der Waals surface area (Å²) in [6.45, 7) is 11.1. The van der Waals surface area contributed by atoms with Gasteiger partial charge in [0.25, 0.3) is 0 Å². The van der Waals surface area contributed by atoms with Crippen LogP contribution in [-0.2, 0) is 11.3 Å². The Hall–Kier alpha value is -1.81. The second-order valence-electron chi connectivity index (χ2n) is 7.44. The summed E-state index contributed by atoms with van der Waals surface area (Å²) in [6.07, 6.45) is 3.65. The standard InChI is InChI=1S/C20H28N2O2/c1-5-18-20(11-10-19(23)22(20)12-15(2)3)14-21(18)13-16-6-8-17(24-4)9-7-16/h5-9,15,18H,1,10-14H2,2-4H3. The van der Waals surface area contributed by atoms with Crippen molar-refractivity contribution in [3.05, 3.63) is 42.5 Å². The first-order valence-electron chi connectivity index (χ1n) is 8.80. The first-order chi connectivity index (χ1) is 11.5. The van der Waals surface area contributed by atoms with Crippen molar-refractivity contribution < 1.29 is 9.53 Å². The maximum Gasteiger partial charge on any atom is 0.223 e. The Morgan fingerprint density at radius 3 is 2.67 bits per heavy atom. The highest BCUT2D eigenvalue weighted by atomic mass is 16.5. The maximum absolute atomic E-state index is 12.4. The number of hydrogen-bond donors (Lipinski definition) is 0. The van der Waals surface area contributed by atoms with Crippen molar-refractivity contribution in [1.82, 2.24) is 9.80 Å². The van der Waals surface area contributed by atoms with Crippen molar-refractivity contribution >= 4 is 5.91 Å². The predicted octanol–water partition coefficient (Wildman–Crippen LogP) is 3.08. The summed E-state index contributed by atoms with van der Waals surface area (Å²) >= 11 is 0. The molecule has 1 aromatic rings. The number of carbonyl (C=O) groups is 1. The van der Waals surface area contributed by atoms with Gasteiger partial charge >= 0.3 is 0 Å². The minimum Gasteiger partial charge on any atom is -0.497 e. The van der Waals surface area contributed by atoms with Gasteiger partial charge in [-0.05, 0) is 30.0 Å². The third-order valence-electron chi connectivity index (χ3n) is 5.35. The Labute approximate surface area is 145 Å². The predicted molar refractivity (Wildman–Crippen MR) is 95.9 cm³/mol. The Bertz CT molecular complexity index is 611. The molecular weight excluding hydrogens is 300 g/mol. The Kier molecular flexibility index (Phi) is 4.68. The van der Waals surface area contributed by atoms with Crippen molar-refractivity contribution in [1.29, 1.82) is 0 Å². The summed E-state index contributed by atoms with van der Waals surface area (Å²) in [5.41, 5.74) is 1.23. The number of hydrogen-bond acceptors (Lipinski definition) is 3. The van der Waals surface area contributed by atoms with E-state index in [4.69, 9.17) is 4.74 Å². The van der Waals surface area contributed by atoms with Crippen LogP contribution in [0.4, 0.5) is 0 Å². The molecule has 2 saturated heterocycles. The lowest BCUT2D eigenvalue weighted by Gasteiger charge is -2.59. The highest BCUT2D eigenvalue weighted by Crippen LogP contribution is 2.45. The monoisotopic (exact) mass is 328 g/mol. The lowest BCUT2D eigenvalue weighted by atomic mass is 9.77. The molecule has 2 atom stereocenters. The molecule has 0 radical (unpaired) electrons. The molecule has 1 amide bonds. The first kappa shape index (κ1) is 17.0. The van der Waals surface area contributed by atoms with E-state index in [1.807, 2.05) is 18.2 Å². The zero-order chi connectivity index (χ0) is 17.3. The van der Waals surface area contributed by atoms with E-state index < -0.39 is 0 Å². The SMILES string of the molecule is C=CC1N(Cc2ccc(OC)cc2)CC12CCC(=O)N2CC(C)C. The third-order valence-corrected chi connectivity index (χ3v) is 5.35. The van der Waals surface area contributed by atoms with Gasteiger partial charge in [-0.25, -0.2) is 0 Å². The second kappa shape index (κ2) is 6.60. The summed E-state index contributed by atoms with van der Waals surface area (Å²) in [4.78, 5) is 16.9. The van der Waals surface area contributed by atoms with Crippen LogP contribution >= 0.6 is 0 Å². The average Bonchev–Trinajstić information content (AvgIpc) is 2.86. The van der Waals surface area contributed by atoms with Crippen molar-refractivity contribution in [2.24, 2.45) is 5.92 Å². The van der Waals surface area contributed by atoms with Crippen LogP contribution < -0.4 is 4.74 Å². The van der Waals surface area contributed by atoms with Crippen molar-refractivity contribution in [3.63, 3.8) is 0 Å². The van der Waals surface area contributed by atoms with Gasteiger partial charge in [-0.2, -0.15) is 0 Å². The second-order valence-corrected chi connectivity index (χ2v) is 7.44. The zero-order valence-electron chi connectivity index (χ0n) is 15.0. The summed E-state index contributed by atoms with van der Waals surface area (Å²) in [5, 5.41) is 0. The smallest absolute Gasteiger partial charge is 0.223 e. The average molecular weight is 328 g/mol. The van der Waals surface area contributed by atoms with E-state index in [9.17, 15) is 4.79 Å². The van der Waals surface area contributed by atoms with Crippen molar-refractivity contribution in [2.75, 3.05) is 20.2 Å². The number of amides is 1. The van der Waals surface area contributed by atoms with E-state index in [2.05, 4.69) is 42.4 Å². The van der Waals surface area contributed by atoms with Gasteiger partial charge < -0.3 is 9.64 Å². The van der Waals surface area contributed by atoms with E-state index in [-0.39, 0.29) is 11.6 Å². The van der Waals surface area contributed by atoms with Crippen LogP contribution in [0.1, 0.15) is 32.3 Å². The zero-order valence-corrected chi connectivity index (χ0v) is 15.0. The number of likely N-dealkylation sites (tertiary alicyclic amines) is 2. The number of ether oxygens (including phenoxy) is 1. The van der Waals surface area contributed by atoms with Crippen LogP contribution in [-0.4, -0.2) is 47.5 Å². The topological polar surface area (TPSA) is 32.8 Å². The molecule has 0 bridgehead atoms. The number of nitrogens with zero attached hydrogens (tertiary/aromatic N) is 2. The van der Waals surface area contributed by atoms with Crippen molar-refractivity contribution in [2.45, 2.75) is 44.8 Å². The van der Waals surface area contributed by atoms with E-state index in [1.54, 1.807) is 7.11 Å². The quantitative estimate of drug-likeness (QED) is 0.752. The van der Waals surface area contributed by atoms with Gasteiger partial charge in [0.2, 0.25) is 5.91 Å². The Morgan fingerprint density at radius 2 is 2.08 bits per heavy atom. The fourth-order valence-electron chi connectivity index (χ4n) is 4.22.